The van der Waals surface area contributed by atoms with E-state index in [1.54, 1.807) is 18.2 Å². The highest BCUT2D eigenvalue weighted by Crippen LogP contribution is 2.37. The van der Waals surface area contributed by atoms with Crippen molar-refractivity contribution < 1.29 is 17.9 Å². The van der Waals surface area contributed by atoms with Crippen LogP contribution >= 0.6 is 11.3 Å². The average molecular weight is 502 g/mol. The molecule has 3 heterocycles. The van der Waals surface area contributed by atoms with Crippen LogP contribution in [-0.4, -0.2) is 41.7 Å². The molecule has 1 saturated heterocycles. The summed E-state index contributed by atoms with van der Waals surface area (Å²) in [7, 11) is -3.96. The predicted molar refractivity (Wildman–Crippen MR) is 138 cm³/mol. The maximum Gasteiger partial charge on any atom is 0.239 e. The number of thiazole rings is 1. The number of aromatic nitrogens is 2. The maximum absolute atomic E-state index is 13.4. The van der Waals surface area contributed by atoms with Gasteiger partial charge in [0.2, 0.25) is 5.91 Å². The van der Waals surface area contributed by atoms with Crippen LogP contribution in [0.15, 0.2) is 59.6 Å². The Kier molecular flexibility index (Phi) is 8.12. The minimum absolute atomic E-state index is 0.0664. The number of fused-ring (bicyclic) bond motifs is 3. The van der Waals surface area contributed by atoms with E-state index in [2.05, 4.69) is 4.98 Å². The van der Waals surface area contributed by atoms with E-state index in [9.17, 15) is 13.2 Å². The molecule has 2 N–H and O–H groups in total. The number of benzene rings is 2. The molecule has 1 aliphatic rings. The van der Waals surface area contributed by atoms with E-state index in [1.807, 2.05) is 68.6 Å². The van der Waals surface area contributed by atoms with Crippen LogP contribution in [0.5, 0.6) is 0 Å². The third-order valence-electron chi connectivity index (χ3n) is 5.71. The van der Waals surface area contributed by atoms with Crippen LogP contribution < -0.4 is 5.73 Å². The minimum atomic E-state index is -3.96. The lowest BCUT2D eigenvalue weighted by Crippen LogP contribution is -2.53. The van der Waals surface area contributed by atoms with Gasteiger partial charge in [-0.2, -0.15) is 0 Å². The number of hydrogen-bond donors (Lipinski definition) is 1. The minimum Gasteiger partial charge on any atom is -0.381 e. The molecule has 0 spiro atoms. The van der Waals surface area contributed by atoms with Crippen molar-refractivity contribution in [2.75, 3.05) is 13.2 Å². The summed E-state index contributed by atoms with van der Waals surface area (Å²) in [4.78, 5) is 17.8. The molecule has 1 aliphatic heterocycles. The van der Waals surface area contributed by atoms with Crippen molar-refractivity contribution in [3.63, 3.8) is 0 Å². The Morgan fingerprint density at radius 3 is 2.32 bits per heavy atom. The third kappa shape index (κ3) is 4.35. The highest BCUT2D eigenvalue weighted by atomic mass is 32.2. The van der Waals surface area contributed by atoms with Gasteiger partial charge in [-0.05, 0) is 31.0 Å². The molecule has 1 amide bonds. The highest BCUT2D eigenvalue weighted by molar-refractivity contribution is 7.93. The van der Waals surface area contributed by atoms with Gasteiger partial charge in [-0.1, -0.05) is 69.4 Å². The summed E-state index contributed by atoms with van der Waals surface area (Å²) in [6.07, 6.45) is 2.08. The summed E-state index contributed by atoms with van der Waals surface area (Å²) in [6, 6.07) is 14.8. The second kappa shape index (κ2) is 10.7. The smallest absolute Gasteiger partial charge is 0.239 e. The number of carbonyl (C=O) groups excluding carboxylic acids is 1. The van der Waals surface area contributed by atoms with Crippen LogP contribution in [0, 0.1) is 0 Å². The van der Waals surface area contributed by atoms with Gasteiger partial charge in [0.15, 0.2) is 19.5 Å². The van der Waals surface area contributed by atoms with E-state index >= 15 is 0 Å². The van der Waals surface area contributed by atoms with Crippen LogP contribution in [0.4, 0.5) is 0 Å². The molecular formula is C25H31N3O4S2. The largest absolute Gasteiger partial charge is 0.381 e. The number of rotatable bonds is 4. The van der Waals surface area contributed by atoms with E-state index in [0.29, 0.717) is 0 Å². The van der Waals surface area contributed by atoms with Gasteiger partial charge in [0.1, 0.15) is 0 Å². The predicted octanol–water partition coefficient (Wildman–Crippen LogP) is 5.08. The summed E-state index contributed by atoms with van der Waals surface area (Å²) in [6.45, 7) is 8.39. The fourth-order valence-electron chi connectivity index (χ4n) is 3.97. The van der Waals surface area contributed by atoms with Crippen molar-refractivity contribution >= 4 is 42.3 Å². The highest BCUT2D eigenvalue weighted by Gasteiger charge is 2.51. The number of ether oxygens (including phenoxy) is 1. The van der Waals surface area contributed by atoms with Crippen molar-refractivity contribution in [2.45, 2.75) is 50.2 Å². The monoisotopic (exact) mass is 501 g/mol. The van der Waals surface area contributed by atoms with Crippen LogP contribution in [0.25, 0.3) is 26.4 Å². The van der Waals surface area contributed by atoms with Gasteiger partial charge >= 0.3 is 0 Å². The molecule has 0 radical (unpaired) electrons. The second-order valence-corrected chi connectivity index (χ2v) is 10.6. The van der Waals surface area contributed by atoms with Gasteiger partial charge in [0.25, 0.3) is 0 Å². The van der Waals surface area contributed by atoms with Gasteiger partial charge < -0.3 is 10.5 Å². The number of nitrogens with zero attached hydrogens (tertiary/aromatic N) is 2. The fraction of sp³-hybridized carbons (Fsp3) is 0.360. The summed E-state index contributed by atoms with van der Waals surface area (Å²) in [5.41, 5.74) is 8.31. The zero-order chi connectivity index (χ0) is 24.9. The topological polar surface area (TPSA) is 104 Å². The van der Waals surface area contributed by atoms with Gasteiger partial charge in [-0.3, -0.25) is 9.20 Å². The van der Waals surface area contributed by atoms with Crippen LogP contribution in [0.3, 0.4) is 0 Å². The standard InChI is InChI=1S/C21H19N3O4S2.2C2H6/c22-19(25)21(8-10-28-11-9-21)30(26,27)15-6-7-17-18(12-15)29-20-23-16(13-24(17)20)14-4-2-1-3-5-14;2*1-2/h1-7,12-13H,8-11H2,(H2,22,25);2*1-2H3. The first-order valence-corrected chi connectivity index (χ1v) is 13.8. The summed E-state index contributed by atoms with van der Waals surface area (Å²) in [5.74, 6) is -0.820. The van der Waals surface area contributed by atoms with Crippen molar-refractivity contribution in [2.24, 2.45) is 5.73 Å². The number of hydrogen-bond acceptors (Lipinski definition) is 6. The van der Waals surface area contributed by atoms with Crippen molar-refractivity contribution in [1.29, 1.82) is 0 Å². The van der Waals surface area contributed by atoms with Crippen molar-refractivity contribution in [1.82, 2.24) is 9.38 Å². The first kappa shape index (κ1) is 25.9. The van der Waals surface area contributed by atoms with Crippen molar-refractivity contribution in [3.05, 3.63) is 54.7 Å². The number of nitrogens with two attached hydrogens (primary N) is 1. The van der Waals surface area contributed by atoms with E-state index in [1.165, 1.54) is 11.3 Å². The van der Waals surface area contributed by atoms with Crippen LogP contribution in [0.2, 0.25) is 0 Å². The number of amides is 1. The molecule has 34 heavy (non-hydrogen) atoms. The van der Waals surface area contributed by atoms with E-state index in [0.717, 1.165) is 26.4 Å². The average Bonchev–Trinajstić information content (AvgIpc) is 3.45. The molecule has 2 aromatic carbocycles. The first-order chi connectivity index (χ1) is 16.4. The Morgan fingerprint density at radius 1 is 1.06 bits per heavy atom. The van der Waals surface area contributed by atoms with E-state index < -0.39 is 20.5 Å². The molecule has 7 nitrogen and oxygen atoms in total. The van der Waals surface area contributed by atoms with Gasteiger partial charge in [0.05, 0.1) is 20.8 Å². The third-order valence-corrected chi connectivity index (χ3v) is 9.24. The number of sulfone groups is 1. The maximum atomic E-state index is 13.4. The Morgan fingerprint density at radius 2 is 1.71 bits per heavy atom. The SMILES string of the molecule is CC.CC.NC(=O)C1(S(=O)(=O)c2ccc3c(c2)sc2nc(-c4ccccc4)cn23)CCOCC1. The lowest BCUT2D eigenvalue weighted by Gasteiger charge is -2.33. The number of primary amides is 1. The normalized spacial score (nSPS) is 15.2. The Balaban J connectivity index is 0.000000771. The summed E-state index contributed by atoms with van der Waals surface area (Å²) >= 11 is 1.41. The Hall–Kier alpha value is -2.75. The molecule has 182 valence electrons. The van der Waals surface area contributed by atoms with E-state index in [4.69, 9.17) is 10.5 Å². The summed E-state index contributed by atoms with van der Waals surface area (Å²) < 4.78 is 33.2. The van der Waals surface area contributed by atoms with Crippen molar-refractivity contribution in [3.8, 4) is 11.3 Å². The van der Waals surface area contributed by atoms with Gasteiger partial charge in [-0.25, -0.2) is 13.4 Å². The molecule has 9 heteroatoms. The molecule has 1 fully saturated rings. The molecular weight excluding hydrogens is 470 g/mol. The second-order valence-electron chi connectivity index (χ2n) is 7.35. The first-order valence-electron chi connectivity index (χ1n) is 11.5. The number of carbonyl (C=O) groups is 1. The lowest BCUT2D eigenvalue weighted by atomic mass is 9.98. The molecule has 0 aliphatic carbocycles. The zero-order valence-electron chi connectivity index (χ0n) is 19.9. The molecule has 0 saturated carbocycles. The summed E-state index contributed by atoms with van der Waals surface area (Å²) in [5, 5.41) is 0. The molecule has 0 bridgehead atoms. The van der Waals surface area contributed by atoms with Gasteiger partial charge in [0, 0.05) is 25.0 Å². The zero-order valence-corrected chi connectivity index (χ0v) is 21.6. The number of imidazole rings is 1. The Bertz CT molecular complexity index is 1370. The molecule has 2 aromatic heterocycles. The van der Waals surface area contributed by atoms with E-state index in [-0.39, 0.29) is 31.0 Å². The quantitative estimate of drug-likeness (QED) is 0.420. The molecule has 5 rings (SSSR count). The van der Waals surface area contributed by atoms with Gasteiger partial charge in [-0.15, -0.1) is 0 Å². The molecule has 0 atom stereocenters. The lowest BCUT2D eigenvalue weighted by molar-refractivity contribution is -0.122. The van der Waals surface area contributed by atoms with Crippen LogP contribution in [0.1, 0.15) is 40.5 Å². The molecule has 0 unspecified atom stereocenters. The molecule has 4 aromatic rings. The Labute approximate surface area is 204 Å². The van der Waals surface area contributed by atoms with Crippen LogP contribution in [-0.2, 0) is 19.4 Å². The fourth-order valence-corrected chi connectivity index (χ4v) is 7.03.